The molecule has 1 saturated carbocycles. The molecule has 0 radical (unpaired) electrons. The van der Waals surface area contributed by atoms with Crippen molar-refractivity contribution in [3.05, 3.63) is 35.9 Å². The van der Waals surface area contributed by atoms with Crippen LogP contribution in [0.4, 0.5) is 8.78 Å². The Bertz CT molecular complexity index is 524. The van der Waals surface area contributed by atoms with E-state index < -0.39 is 42.1 Å². The van der Waals surface area contributed by atoms with Gasteiger partial charge in [-0.1, -0.05) is 30.3 Å². The Balaban J connectivity index is 2.15. The Labute approximate surface area is 114 Å². The fraction of sp³-hybridized carbons (Fsp3) is 0.429. The summed E-state index contributed by atoms with van der Waals surface area (Å²) >= 11 is 0. The molecule has 1 fully saturated rings. The number of aliphatic carboxylic acids is 1. The summed E-state index contributed by atoms with van der Waals surface area (Å²) in [5.41, 5.74) is -1.23. The minimum Gasteiger partial charge on any atom is -0.479 e. The van der Waals surface area contributed by atoms with Crippen molar-refractivity contribution in [1.29, 1.82) is 0 Å². The summed E-state index contributed by atoms with van der Waals surface area (Å²) in [6, 6.07) is 8.17. The summed E-state index contributed by atoms with van der Waals surface area (Å²) in [6.45, 7) is 1.35. The molecule has 1 aromatic carbocycles. The summed E-state index contributed by atoms with van der Waals surface area (Å²) in [4.78, 5) is 23.3. The lowest BCUT2D eigenvalue weighted by Crippen LogP contribution is -2.54. The predicted octanol–water partition coefficient (Wildman–Crippen LogP) is 2.15. The summed E-state index contributed by atoms with van der Waals surface area (Å²) in [6.07, 6.45) is -1.05. The highest BCUT2D eigenvalue weighted by molar-refractivity contribution is 5.89. The van der Waals surface area contributed by atoms with Gasteiger partial charge in [-0.05, 0) is 12.5 Å². The maximum atomic E-state index is 12.8. The quantitative estimate of drug-likeness (QED) is 0.889. The van der Waals surface area contributed by atoms with Gasteiger partial charge < -0.3 is 10.4 Å². The summed E-state index contributed by atoms with van der Waals surface area (Å²) < 4.78 is 25.5. The summed E-state index contributed by atoms with van der Waals surface area (Å²) in [5, 5.41) is 11.7. The average Bonchev–Trinajstić information content (AvgIpc) is 2.36. The van der Waals surface area contributed by atoms with Crippen LogP contribution in [0.5, 0.6) is 0 Å². The molecule has 1 aromatic rings. The predicted molar refractivity (Wildman–Crippen MR) is 67.2 cm³/mol. The van der Waals surface area contributed by atoms with Crippen molar-refractivity contribution in [3.8, 4) is 0 Å². The monoisotopic (exact) mass is 283 g/mol. The fourth-order valence-electron chi connectivity index (χ4n) is 2.22. The van der Waals surface area contributed by atoms with Crippen LogP contribution < -0.4 is 5.32 Å². The molecule has 1 aliphatic rings. The molecule has 108 valence electrons. The van der Waals surface area contributed by atoms with Gasteiger partial charge in [0.2, 0.25) is 11.8 Å². The summed E-state index contributed by atoms with van der Waals surface area (Å²) in [5.74, 6) is -5.52. The lowest BCUT2D eigenvalue weighted by atomic mass is 9.79. The van der Waals surface area contributed by atoms with Crippen molar-refractivity contribution < 1.29 is 23.5 Å². The van der Waals surface area contributed by atoms with Crippen molar-refractivity contribution >= 4 is 11.9 Å². The van der Waals surface area contributed by atoms with Gasteiger partial charge in [-0.25, -0.2) is 13.6 Å². The molecule has 4 nitrogen and oxygen atoms in total. The molecule has 0 saturated heterocycles. The number of carbonyl (C=O) groups is 2. The first-order valence-electron chi connectivity index (χ1n) is 6.23. The second-order valence-corrected chi connectivity index (χ2v) is 5.25. The van der Waals surface area contributed by atoms with Gasteiger partial charge in [0, 0.05) is 18.8 Å². The maximum absolute atomic E-state index is 12.8. The number of hydrogen-bond donors (Lipinski definition) is 2. The van der Waals surface area contributed by atoms with Gasteiger partial charge in [-0.15, -0.1) is 0 Å². The van der Waals surface area contributed by atoms with E-state index in [4.69, 9.17) is 0 Å². The molecule has 6 heteroatoms. The zero-order valence-corrected chi connectivity index (χ0v) is 10.9. The lowest BCUT2D eigenvalue weighted by molar-refractivity contribution is -0.157. The van der Waals surface area contributed by atoms with Crippen LogP contribution in [-0.4, -0.2) is 22.9 Å². The van der Waals surface area contributed by atoms with Crippen LogP contribution in [0.25, 0.3) is 0 Å². The Morgan fingerprint density at radius 1 is 1.30 bits per heavy atom. The number of carboxylic acid groups (broad SMARTS) is 1. The van der Waals surface area contributed by atoms with Gasteiger partial charge in [0.15, 0.2) is 5.54 Å². The Morgan fingerprint density at radius 2 is 1.85 bits per heavy atom. The molecule has 1 atom stereocenters. The molecule has 2 rings (SSSR count). The first kappa shape index (κ1) is 14.4. The van der Waals surface area contributed by atoms with E-state index in [-0.39, 0.29) is 0 Å². The number of hydrogen-bond acceptors (Lipinski definition) is 2. The number of nitrogens with one attached hydrogen (secondary N) is 1. The number of benzene rings is 1. The van der Waals surface area contributed by atoms with E-state index >= 15 is 0 Å². The second-order valence-electron chi connectivity index (χ2n) is 5.25. The minimum atomic E-state index is -2.81. The van der Waals surface area contributed by atoms with Crippen LogP contribution in [0.3, 0.4) is 0 Å². The molecule has 20 heavy (non-hydrogen) atoms. The van der Waals surface area contributed by atoms with E-state index in [2.05, 4.69) is 5.32 Å². The second kappa shape index (κ2) is 4.85. The van der Waals surface area contributed by atoms with Gasteiger partial charge >= 0.3 is 5.97 Å². The van der Waals surface area contributed by atoms with Gasteiger partial charge in [-0.2, -0.15) is 0 Å². The van der Waals surface area contributed by atoms with Crippen molar-refractivity contribution in [1.82, 2.24) is 5.32 Å². The van der Waals surface area contributed by atoms with Crippen molar-refractivity contribution in [3.63, 3.8) is 0 Å². The van der Waals surface area contributed by atoms with E-state index in [9.17, 15) is 23.5 Å². The largest absolute Gasteiger partial charge is 0.479 e. The first-order chi connectivity index (χ1) is 9.24. The van der Waals surface area contributed by atoms with Crippen molar-refractivity contribution in [2.24, 2.45) is 5.92 Å². The fourth-order valence-corrected chi connectivity index (χ4v) is 2.22. The third kappa shape index (κ3) is 2.64. The number of alkyl halides is 2. The molecule has 2 N–H and O–H groups in total. The van der Waals surface area contributed by atoms with E-state index in [0.29, 0.717) is 5.56 Å². The van der Waals surface area contributed by atoms with Crippen LogP contribution in [0.1, 0.15) is 25.3 Å². The maximum Gasteiger partial charge on any atom is 0.333 e. The highest BCUT2D eigenvalue weighted by Crippen LogP contribution is 2.42. The highest BCUT2D eigenvalue weighted by Gasteiger charge is 2.50. The molecule has 1 amide bonds. The molecule has 0 aliphatic heterocycles. The first-order valence-corrected chi connectivity index (χ1v) is 6.23. The lowest BCUT2D eigenvalue weighted by Gasteiger charge is -2.36. The van der Waals surface area contributed by atoms with E-state index in [1.807, 2.05) is 0 Å². The molecule has 0 heterocycles. The van der Waals surface area contributed by atoms with Gasteiger partial charge in [0.25, 0.3) is 0 Å². The average molecular weight is 283 g/mol. The third-order valence-electron chi connectivity index (χ3n) is 3.61. The molecule has 0 spiro atoms. The molecule has 0 aromatic heterocycles. The van der Waals surface area contributed by atoms with Crippen LogP contribution in [-0.2, 0) is 15.1 Å². The number of carbonyl (C=O) groups excluding carboxylic acids is 1. The van der Waals surface area contributed by atoms with Gasteiger partial charge in [0.1, 0.15) is 0 Å². The zero-order valence-electron chi connectivity index (χ0n) is 10.9. The van der Waals surface area contributed by atoms with Gasteiger partial charge in [-0.3, -0.25) is 4.79 Å². The zero-order chi connectivity index (χ0) is 15.0. The Hall–Kier alpha value is -1.98. The van der Waals surface area contributed by atoms with Crippen LogP contribution in [0.2, 0.25) is 0 Å². The topological polar surface area (TPSA) is 66.4 Å². The molecule has 1 unspecified atom stereocenters. The molecular weight excluding hydrogens is 268 g/mol. The van der Waals surface area contributed by atoms with E-state index in [1.54, 1.807) is 30.3 Å². The smallest absolute Gasteiger partial charge is 0.333 e. The van der Waals surface area contributed by atoms with Crippen LogP contribution in [0.15, 0.2) is 30.3 Å². The highest BCUT2D eigenvalue weighted by atomic mass is 19.3. The molecular formula is C14H15F2NO3. The third-order valence-corrected chi connectivity index (χ3v) is 3.61. The Morgan fingerprint density at radius 3 is 2.30 bits per heavy atom. The SMILES string of the molecule is CC(NC(=O)C1CC(F)(F)C1)(C(=O)O)c1ccccc1. The Kier molecular flexibility index (Phi) is 3.50. The molecule has 0 bridgehead atoms. The standard InChI is InChI=1S/C14H15F2NO3/c1-13(12(19)20,10-5-3-2-4-6-10)17-11(18)9-7-14(15,16)8-9/h2-6,9H,7-8H2,1H3,(H,17,18)(H,19,20). The number of halogens is 2. The number of amides is 1. The summed E-state index contributed by atoms with van der Waals surface area (Å²) in [7, 11) is 0. The number of rotatable bonds is 4. The molecule has 1 aliphatic carbocycles. The van der Waals surface area contributed by atoms with Crippen molar-refractivity contribution in [2.75, 3.05) is 0 Å². The van der Waals surface area contributed by atoms with Crippen LogP contribution in [0, 0.1) is 5.92 Å². The number of carboxylic acids is 1. The van der Waals surface area contributed by atoms with E-state index in [1.165, 1.54) is 6.92 Å². The van der Waals surface area contributed by atoms with Crippen LogP contribution >= 0.6 is 0 Å². The normalized spacial score (nSPS) is 20.6. The van der Waals surface area contributed by atoms with E-state index in [0.717, 1.165) is 0 Å². The van der Waals surface area contributed by atoms with Gasteiger partial charge in [0.05, 0.1) is 0 Å². The minimum absolute atomic E-state index is 0.395. The van der Waals surface area contributed by atoms with Crippen molar-refractivity contribution in [2.45, 2.75) is 31.2 Å².